The number of aromatic nitrogens is 2. The minimum Gasteiger partial charge on any atom is -0.378 e. The van der Waals surface area contributed by atoms with E-state index in [4.69, 9.17) is 15.6 Å². The SMILES string of the molecule is Cc1ccc(-n2nc(C(C)(C)C)cc2N(C(N)=O)c2cc(-c3ccc(N4CCOCC4)cc3C)cc3ccccc23)cc1. The molecule has 0 bridgehead atoms. The Kier molecular flexibility index (Phi) is 7.44. The molecule has 6 rings (SSSR count). The molecule has 1 saturated heterocycles. The van der Waals surface area contributed by atoms with E-state index in [1.165, 1.54) is 5.69 Å². The van der Waals surface area contributed by atoms with Crippen LogP contribution in [-0.2, 0) is 10.2 Å². The number of amides is 2. The molecule has 7 heteroatoms. The molecule has 0 atom stereocenters. The highest BCUT2D eigenvalue weighted by molar-refractivity contribution is 6.08. The normalized spacial score (nSPS) is 13.8. The number of benzene rings is 4. The molecule has 43 heavy (non-hydrogen) atoms. The number of primary amides is 1. The molecular formula is C36H39N5O2. The zero-order valence-corrected chi connectivity index (χ0v) is 25.6. The molecule has 0 spiro atoms. The van der Waals surface area contributed by atoms with Crippen LogP contribution in [0.1, 0.15) is 37.6 Å². The van der Waals surface area contributed by atoms with Crippen LogP contribution in [0, 0.1) is 13.8 Å². The predicted molar refractivity (Wildman–Crippen MR) is 176 cm³/mol. The zero-order chi connectivity index (χ0) is 30.3. The van der Waals surface area contributed by atoms with Gasteiger partial charge in [0, 0.05) is 35.6 Å². The fourth-order valence-corrected chi connectivity index (χ4v) is 5.75. The van der Waals surface area contributed by atoms with Gasteiger partial charge in [0.05, 0.1) is 30.3 Å². The molecule has 7 nitrogen and oxygen atoms in total. The summed E-state index contributed by atoms with van der Waals surface area (Å²) >= 11 is 0. The minimum absolute atomic E-state index is 0.239. The molecule has 220 valence electrons. The summed E-state index contributed by atoms with van der Waals surface area (Å²) < 4.78 is 7.38. The summed E-state index contributed by atoms with van der Waals surface area (Å²) in [7, 11) is 0. The molecule has 2 N–H and O–H groups in total. The van der Waals surface area contributed by atoms with Crippen molar-refractivity contribution in [2.24, 2.45) is 5.73 Å². The molecule has 5 aromatic rings. The first-order valence-corrected chi connectivity index (χ1v) is 14.8. The fourth-order valence-electron chi connectivity index (χ4n) is 5.75. The number of urea groups is 1. The monoisotopic (exact) mass is 573 g/mol. The second-order valence-corrected chi connectivity index (χ2v) is 12.4. The van der Waals surface area contributed by atoms with Gasteiger partial charge in [0.1, 0.15) is 5.82 Å². The van der Waals surface area contributed by atoms with Crippen LogP contribution >= 0.6 is 0 Å². The Balaban J connectivity index is 1.53. The standard InChI is InChI=1S/C36H39N5O2/c1-24-10-12-28(13-11-24)41-34(23-33(38-41)36(3,4)5)40(35(37)42)32-22-27(21-26-8-6-7-9-31(26)32)30-15-14-29(20-25(30)2)39-16-18-43-19-17-39/h6-15,20-23H,16-19H2,1-5H3,(H2,37,42). The van der Waals surface area contributed by atoms with Gasteiger partial charge >= 0.3 is 6.03 Å². The van der Waals surface area contributed by atoms with Crippen molar-refractivity contribution in [1.29, 1.82) is 0 Å². The number of nitrogens with zero attached hydrogens (tertiary/aromatic N) is 4. The second kappa shape index (κ2) is 11.2. The molecular weight excluding hydrogens is 534 g/mol. The van der Waals surface area contributed by atoms with E-state index in [0.717, 1.165) is 70.7 Å². The highest BCUT2D eigenvalue weighted by Crippen LogP contribution is 2.40. The first kappa shape index (κ1) is 28.5. The van der Waals surface area contributed by atoms with Crippen LogP contribution in [0.4, 0.5) is 22.0 Å². The third-order valence-electron chi connectivity index (χ3n) is 8.17. The molecule has 1 aliphatic rings. The fraction of sp³-hybridized carbons (Fsp3) is 0.278. The van der Waals surface area contributed by atoms with E-state index in [1.807, 2.05) is 53.2 Å². The summed E-state index contributed by atoms with van der Waals surface area (Å²) in [5, 5.41) is 6.95. The molecule has 0 saturated carbocycles. The topological polar surface area (TPSA) is 76.6 Å². The van der Waals surface area contributed by atoms with E-state index < -0.39 is 6.03 Å². The number of hydrogen-bond donors (Lipinski definition) is 1. The molecule has 1 aliphatic heterocycles. The van der Waals surface area contributed by atoms with Gasteiger partial charge < -0.3 is 15.4 Å². The average molecular weight is 574 g/mol. The van der Waals surface area contributed by atoms with E-state index in [1.54, 1.807) is 4.90 Å². The van der Waals surface area contributed by atoms with Crippen molar-refractivity contribution in [1.82, 2.24) is 9.78 Å². The van der Waals surface area contributed by atoms with Crippen LogP contribution in [0.3, 0.4) is 0 Å². The third-order valence-corrected chi connectivity index (χ3v) is 8.17. The third kappa shape index (κ3) is 5.60. The predicted octanol–water partition coefficient (Wildman–Crippen LogP) is 7.66. The molecule has 2 heterocycles. The Morgan fingerprint density at radius 3 is 2.26 bits per heavy atom. The maximum atomic E-state index is 13.5. The van der Waals surface area contributed by atoms with Gasteiger partial charge in [-0.25, -0.2) is 14.4 Å². The first-order valence-electron chi connectivity index (χ1n) is 14.8. The maximum Gasteiger partial charge on any atom is 0.325 e. The second-order valence-electron chi connectivity index (χ2n) is 12.4. The Morgan fingerprint density at radius 2 is 1.58 bits per heavy atom. The number of hydrogen-bond acceptors (Lipinski definition) is 4. The Labute approximate surface area is 253 Å². The van der Waals surface area contributed by atoms with Gasteiger partial charge in [-0.3, -0.25) is 0 Å². The van der Waals surface area contributed by atoms with Crippen LogP contribution in [0.5, 0.6) is 0 Å². The van der Waals surface area contributed by atoms with E-state index in [-0.39, 0.29) is 5.41 Å². The summed E-state index contributed by atoms with van der Waals surface area (Å²) in [4.78, 5) is 17.4. The van der Waals surface area contributed by atoms with E-state index >= 15 is 0 Å². The number of anilines is 3. The maximum absolute atomic E-state index is 13.5. The summed E-state index contributed by atoms with van der Waals surface area (Å²) in [6, 6.07) is 28.5. The highest BCUT2D eigenvalue weighted by atomic mass is 16.5. The van der Waals surface area contributed by atoms with Crippen molar-refractivity contribution in [3.63, 3.8) is 0 Å². The summed E-state index contributed by atoms with van der Waals surface area (Å²) in [5.41, 5.74) is 14.1. The summed E-state index contributed by atoms with van der Waals surface area (Å²) in [5.74, 6) is 0.600. The number of rotatable bonds is 5. The lowest BCUT2D eigenvalue weighted by Crippen LogP contribution is -2.36. The summed E-state index contributed by atoms with van der Waals surface area (Å²) in [6.45, 7) is 13.8. The van der Waals surface area contributed by atoms with Gasteiger partial charge in [-0.1, -0.05) is 68.8 Å². The van der Waals surface area contributed by atoms with Crippen molar-refractivity contribution in [2.75, 3.05) is 36.1 Å². The number of carbonyl (C=O) groups is 1. The van der Waals surface area contributed by atoms with Gasteiger partial charge in [-0.05, 0) is 72.3 Å². The molecule has 4 aromatic carbocycles. The van der Waals surface area contributed by atoms with Crippen molar-refractivity contribution >= 4 is 34.0 Å². The van der Waals surface area contributed by atoms with E-state index in [9.17, 15) is 4.79 Å². The number of carbonyl (C=O) groups excluding carboxylic acids is 1. The van der Waals surface area contributed by atoms with Gasteiger partial charge in [0.2, 0.25) is 0 Å². The lowest BCUT2D eigenvalue weighted by Gasteiger charge is -2.29. The minimum atomic E-state index is -0.574. The average Bonchev–Trinajstić information content (AvgIpc) is 3.43. The van der Waals surface area contributed by atoms with Crippen LogP contribution < -0.4 is 15.5 Å². The largest absolute Gasteiger partial charge is 0.378 e. The number of nitrogens with two attached hydrogens (primary N) is 1. The van der Waals surface area contributed by atoms with Crippen LogP contribution in [0.25, 0.3) is 27.6 Å². The number of aryl methyl sites for hydroxylation is 2. The lowest BCUT2D eigenvalue weighted by molar-refractivity contribution is 0.122. The molecule has 1 aromatic heterocycles. The first-order chi connectivity index (χ1) is 20.6. The molecule has 0 radical (unpaired) electrons. The smallest absolute Gasteiger partial charge is 0.325 e. The Hall–Kier alpha value is -4.62. The van der Waals surface area contributed by atoms with Gasteiger partial charge in [-0.2, -0.15) is 5.10 Å². The van der Waals surface area contributed by atoms with Crippen molar-refractivity contribution in [3.05, 3.63) is 102 Å². The van der Waals surface area contributed by atoms with Crippen molar-refractivity contribution < 1.29 is 9.53 Å². The number of ether oxygens (including phenoxy) is 1. The summed E-state index contributed by atoms with van der Waals surface area (Å²) in [6.07, 6.45) is 0. The van der Waals surface area contributed by atoms with E-state index in [0.29, 0.717) is 11.5 Å². The van der Waals surface area contributed by atoms with Gasteiger partial charge in [-0.15, -0.1) is 0 Å². The molecule has 1 fully saturated rings. The van der Waals surface area contributed by atoms with E-state index in [2.05, 4.69) is 75.9 Å². The lowest BCUT2D eigenvalue weighted by atomic mass is 9.92. The number of morpholine rings is 1. The molecule has 0 aliphatic carbocycles. The van der Waals surface area contributed by atoms with Gasteiger partial charge in [0.25, 0.3) is 0 Å². The van der Waals surface area contributed by atoms with Crippen molar-refractivity contribution in [3.8, 4) is 16.8 Å². The molecule has 0 unspecified atom stereocenters. The highest BCUT2D eigenvalue weighted by Gasteiger charge is 2.28. The Bertz CT molecular complexity index is 1790. The van der Waals surface area contributed by atoms with Gasteiger partial charge in [0.15, 0.2) is 0 Å². The molecule has 2 amide bonds. The van der Waals surface area contributed by atoms with Crippen molar-refractivity contribution in [2.45, 2.75) is 40.0 Å². The van der Waals surface area contributed by atoms with Crippen LogP contribution in [0.2, 0.25) is 0 Å². The Morgan fingerprint density at radius 1 is 0.884 bits per heavy atom. The van der Waals surface area contributed by atoms with Crippen LogP contribution in [0.15, 0.2) is 84.9 Å². The van der Waals surface area contributed by atoms with Crippen LogP contribution in [-0.4, -0.2) is 42.1 Å². The number of fused-ring (bicyclic) bond motifs is 1. The quantitative estimate of drug-likeness (QED) is 0.234. The zero-order valence-electron chi connectivity index (χ0n) is 25.6.